The van der Waals surface area contributed by atoms with Crippen molar-refractivity contribution in [1.29, 1.82) is 0 Å². The van der Waals surface area contributed by atoms with Gasteiger partial charge in [-0.2, -0.15) is 0 Å². The first-order valence-corrected chi connectivity index (χ1v) is 6.38. The van der Waals surface area contributed by atoms with Crippen molar-refractivity contribution in [3.8, 4) is 0 Å². The summed E-state index contributed by atoms with van der Waals surface area (Å²) in [5.41, 5.74) is 0. The van der Waals surface area contributed by atoms with E-state index in [1.165, 1.54) is 0 Å². The number of hydrogen-bond acceptors (Lipinski definition) is 1. The smallest absolute Gasteiger partial charge is 0.309 e. The van der Waals surface area contributed by atoms with Gasteiger partial charge in [0.25, 0.3) is 0 Å². The van der Waals surface area contributed by atoms with E-state index in [0.29, 0.717) is 22.5 Å². The third-order valence-corrected chi connectivity index (χ3v) is 3.51. The summed E-state index contributed by atoms with van der Waals surface area (Å²) in [6.07, 6.45) is 1.09. The van der Waals surface area contributed by atoms with Crippen LogP contribution >= 0.6 is 0 Å². The fraction of sp³-hybridized carbons (Fsp3) is 0.923. The highest BCUT2D eigenvalue weighted by molar-refractivity contribution is 5.66. The quantitative estimate of drug-likeness (QED) is 0.721. The first-order valence-electron chi connectivity index (χ1n) is 6.38. The Morgan fingerprint density at radius 2 is 1.50 bits per heavy atom. The molecule has 0 aromatic rings. The van der Waals surface area contributed by atoms with Crippen LogP contribution in [0.2, 0.25) is 0 Å². The molecule has 0 unspecified atom stereocenters. The summed E-state index contributed by atoms with van der Waals surface area (Å²) in [5.74, 6) is 0.639. The van der Waals surface area contributed by atoms with Gasteiger partial charge in [-0.1, -0.05) is 13.8 Å². The van der Waals surface area contributed by atoms with Gasteiger partial charge in [-0.05, 0) is 40.0 Å². The maximum absolute atomic E-state index is 12.2. The first kappa shape index (κ1) is 15.4. The molecule has 96 valence electrons. The second kappa shape index (κ2) is 6.24. The number of nitrogens with one attached hydrogen (secondary N) is 1. The molecular formula is C13H29N2O+. The molecule has 0 aliphatic carbocycles. The first-order chi connectivity index (χ1) is 7.28. The SMILES string of the molecule is CNC(=O)[N+](CCC(C)C)(C(C)C)C(C)C. The number of nitrogens with zero attached hydrogens (tertiary/aromatic N) is 1. The van der Waals surface area contributed by atoms with Gasteiger partial charge >= 0.3 is 6.03 Å². The van der Waals surface area contributed by atoms with Crippen molar-refractivity contribution >= 4 is 6.03 Å². The molecule has 0 saturated carbocycles. The number of rotatable bonds is 5. The number of carbonyl (C=O) groups is 1. The Labute approximate surface area is 101 Å². The fourth-order valence-corrected chi connectivity index (χ4v) is 2.36. The number of carbonyl (C=O) groups excluding carboxylic acids is 1. The summed E-state index contributed by atoms with van der Waals surface area (Å²) in [7, 11) is 1.73. The highest BCUT2D eigenvalue weighted by atomic mass is 16.2. The number of quaternary nitrogens is 1. The summed E-state index contributed by atoms with van der Waals surface area (Å²) in [6, 6.07) is 0.781. The van der Waals surface area contributed by atoms with Gasteiger partial charge in [-0.25, -0.2) is 9.28 Å². The van der Waals surface area contributed by atoms with Crippen LogP contribution in [0, 0.1) is 5.92 Å². The van der Waals surface area contributed by atoms with E-state index in [9.17, 15) is 4.79 Å². The van der Waals surface area contributed by atoms with Crippen LogP contribution in [0.3, 0.4) is 0 Å². The van der Waals surface area contributed by atoms with Gasteiger partial charge in [0.2, 0.25) is 0 Å². The molecule has 0 aliphatic heterocycles. The van der Waals surface area contributed by atoms with Crippen molar-refractivity contribution in [2.75, 3.05) is 13.6 Å². The molecule has 0 atom stereocenters. The van der Waals surface area contributed by atoms with Gasteiger partial charge in [0, 0.05) is 7.05 Å². The predicted molar refractivity (Wildman–Crippen MR) is 69.3 cm³/mol. The maximum atomic E-state index is 12.2. The third-order valence-electron chi connectivity index (χ3n) is 3.51. The van der Waals surface area contributed by atoms with E-state index in [1.54, 1.807) is 7.05 Å². The van der Waals surface area contributed by atoms with E-state index in [-0.39, 0.29) is 6.03 Å². The Kier molecular flexibility index (Phi) is 6.01. The number of urea groups is 1. The predicted octanol–water partition coefficient (Wildman–Crippen LogP) is 3.01. The van der Waals surface area contributed by atoms with Crippen LogP contribution in [-0.4, -0.2) is 36.2 Å². The molecule has 3 heteroatoms. The zero-order valence-electron chi connectivity index (χ0n) is 12.0. The van der Waals surface area contributed by atoms with Crippen molar-refractivity contribution in [3.05, 3.63) is 0 Å². The molecule has 0 radical (unpaired) electrons. The second-order valence-corrected chi connectivity index (χ2v) is 5.58. The van der Waals surface area contributed by atoms with Crippen LogP contribution in [0.25, 0.3) is 0 Å². The van der Waals surface area contributed by atoms with E-state index in [1.807, 2.05) is 0 Å². The molecular weight excluding hydrogens is 200 g/mol. The molecule has 0 aromatic carbocycles. The van der Waals surface area contributed by atoms with Gasteiger partial charge in [-0.15, -0.1) is 0 Å². The van der Waals surface area contributed by atoms with Crippen LogP contribution < -0.4 is 5.32 Å². The van der Waals surface area contributed by atoms with Gasteiger partial charge in [0.15, 0.2) is 0 Å². The normalized spacial score (nSPS) is 12.6. The molecule has 16 heavy (non-hydrogen) atoms. The Morgan fingerprint density at radius 1 is 1.06 bits per heavy atom. The highest BCUT2D eigenvalue weighted by Crippen LogP contribution is 2.22. The molecule has 0 rings (SSSR count). The van der Waals surface area contributed by atoms with E-state index in [0.717, 1.165) is 13.0 Å². The van der Waals surface area contributed by atoms with Crippen molar-refractivity contribution in [2.24, 2.45) is 5.92 Å². The van der Waals surface area contributed by atoms with E-state index >= 15 is 0 Å². The maximum Gasteiger partial charge on any atom is 0.416 e. The Hall–Kier alpha value is -0.570. The van der Waals surface area contributed by atoms with Crippen molar-refractivity contribution in [3.63, 3.8) is 0 Å². The Bertz CT molecular complexity index is 214. The van der Waals surface area contributed by atoms with E-state index in [2.05, 4.69) is 46.9 Å². The van der Waals surface area contributed by atoms with Crippen LogP contribution in [0.5, 0.6) is 0 Å². The van der Waals surface area contributed by atoms with Gasteiger partial charge in [-0.3, -0.25) is 0 Å². The highest BCUT2D eigenvalue weighted by Gasteiger charge is 2.41. The van der Waals surface area contributed by atoms with Crippen molar-refractivity contribution in [2.45, 2.75) is 60.0 Å². The third kappa shape index (κ3) is 3.21. The molecule has 0 spiro atoms. The van der Waals surface area contributed by atoms with Crippen LogP contribution in [0.1, 0.15) is 48.0 Å². The van der Waals surface area contributed by atoms with Gasteiger partial charge in [0.05, 0.1) is 18.6 Å². The average Bonchev–Trinajstić information content (AvgIpc) is 2.16. The number of amides is 2. The summed E-state index contributed by atoms with van der Waals surface area (Å²) in [6.45, 7) is 13.9. The van der Waals surface area contributed by atoms with E-state index < -0.39 is 0 Å². The lowest BCUT2D eigenvalue weighted by Crippen LogP contribution is -2.64. The summed E-state index contributed by atoms with van der Waals surface area (Å²) < 4.78 is 0.536. The monoisotopic (exact) mass is 229 g/mol. The van der Waals surface area contributed by atoms with Gasteiger partial charge in [0.1, 0.15) is 0 Å². The average molecular weight is 229 g/mol. The molecule has 0 fully saturated rings. The van der Waals surface area contributed by atoms with Gasteiger partial charge < -0.3 is 5.32 Å². The lowest BCUT2D eigenvalue weighted by Gasteiger charge is -2.42. The molecule has 0 saturated heterocycles. The minimum atomic E-state index is 0.144. The van der Waals surface area contributed by atoms with Crippen LogP contribution in [-0.2, 0) is 0 Å². The summed E-state index contributed by atoms with van der Waals surface area (Å²) in [4.78, 5) is 12.2. The molecule has 0 bridgehead atoms. The minimum absolute atomic E-state index is 0.144. The van der Waals surface area contributed by atoms with Crippen LogP contribution in [0.4, 0.5) is 4.79 Å². The zero-order chi connectivity index (χ0) is 12.9. The lowest BCUT2D eigenvalue weighted by molar-refractivity contribution is -0.893. The fourth-order valence-electron chi connectivity index (χ4n) is 2.36. The zero-order valence-corrected chi connectivity index (χ0v) is 12.0. The molecule has 0 heterocycles. The minimum Gasteiger partial charge on any atom is -0.309 e. The van der Waals surface area contributed by atoms with Crippen molar-refractivity contribution in [1.82, 2.24) is 5.32 Å². The molecule has 3 nitrogen and oxygen atoms in total. The lowest BCUT2D eigenvalue weighted by atomic mass is 10.1. The second-order valence-electron chi connectivity index (χ2n) is 5.58. The standard InChI is InChI=1S/C13H28N2O/c1-10(2)8-9-15(11(3)4,12(5)6)13(16)14-7/h10-12H,8-9H2,1-7H3/p+1. The van der Waals surface area contributed by atoms with E-state index in [4.69, 9.17) is 0 Å². The topological polar surface area (TPSA) is 29.1 Å². The Balaban J connectivity index is 5.03. The number of hydrogen-bond donors (Lipinski definition) is 1. The summed E-state index contributed by atoms with van der Waals surface area (Å²) >= 11 is 0. The van der Waals surface area contributed by atoms with Crippen molar-refractivity contribution < 1.29 is 9.28 Å². The molecule has 2 amide bonds. The molecule has 1 N–H and O–H groups in total. The molecule has 0 aliphatic rings. The Morgan fingerprint density at radius 3 is 1.75 bits per heavy atom. The largest absolute Gasteiger partial charge is 0.416 e. The summed E-state index contributed by atoms with van der Waals surface area (Å²) in [5, 5.41) is 2.83. The van der Waals surface area contributed by atoms with Crippen LogP contribution in [0.15, 0.2) is 0 Å². The molecule has 0 aromatic heterocycles.